The minimum atomic E-state index is -3.62. The molecule has 3 aromatic carbocycles. The highest BCUT2D eigenvalue weighted by Crippen LogP contribution is 2.28. The fourth-order valence-electron chi connectivity index (χ4n) is 3.15. The van der Waals surface area contributed by atoms with Crippen LogP contribution in [0.25, 0.3) is 0 Å². The molecule has 8 heteroatoms. The van der Waals surface area contributed by atoms with Crippen LogP contribution < -0.4 is 14.8 Å². The number of rotatable bonds is 10. The van der Waals surface area contributed by atoms with E-state index in [1.165, 1.54) is 31.9 Å². The largest absolute Gasteiger partial charge is 0.497 e. The molecular weight excluding hydrogens is 458 g/mol. The molecule has 0 aromatic heterocycles. The lowest BCUT2D eigenvalue weighted by atomic mass is 10.2. The average Bonchev–Trinajstić information content (AvgIpc) is 2.80. The van der Waals surface area contributed by atoms with Crippen molar-refractivity contribution in [3.63, 3.8) is 0 Å². The lowest BCUT2D eigenvalue weighted by Crippen LogP contribution is -2.12. The van der Waals surface area contributed by atoms with E-state index >= 15 is 0 Å². The number of aryl methyl sites for hydroxylation is 1. The van der Waals surface area contributed by atoms with Crippen molar-refractivity contribution in [2.75, 3.05) is 25.3 Å². The molecule has 0 aliphatic carbocycles. The van der Waals surface area contributed by atoms with Gasteiger partial charge in [-0.2, -0.15) is 0 Å². The molecule has 0 spiro atoms. The van der Waals surface area contributed by atoms with Gasteiger partial charge in [0, 0.05) is 28.3 Å². The van der Waals surface area contributed by atoms with Gasteiger partial charge < -0.3 is 14.8 Å². The highest BCUT2D eigenvalue weighted by atomic mass is 32.2. The van der Waals surface area contributed by atoms with Crippen LogP contribution in [0, 0.1) is 6.92 Å². The molecule has 33 heavy (non-hydrogen) atoms. The van der Waals surface area contributed by atoms with Gasteiger partial charge in [-0.05, 0) is 61.5 Å². The first kappa shape index (κ1) is 24.7. The first-order chi connectivity index (χ1) is 15.8. The van der Waals surface area contributed by atoms with Crippen LogP contribution in [-0.4, -0.2) is 34.3 Å². The van der Waals surface area contributed by atoms with Gasteiger partial charge in [-0.25, -0.2) is 8.42 Å². The van der Waals surface area contributed by atoms with Gasteiger partial charge in [0.05, 0.1) is 24.9 Å². The Balaban J connectivity index is 1.58. The van der Waals surface area contributed by atoms with Crippen molar-refractivity contribution < 1.29 is 22.7 Å². The second-order valence-electron chi connectivity index (χ2n) is 7.42. The first-order valence-corrected chi connectivity index (χ1v) is 13.0. The number of ether oxygens (including phenoxy) is 2. The second kappa shape index (κ2) is 11.2. The fourth-order valence-corrected chi connectivity index (χ4v) is 5.35. The number of nitrogens with one attached hydrogen (secondary N) is 1. The lowest BCUT2D eigenvalue weighted by molar-refractivity contribution is -0.115. The van der Waals surface area contributed by atoms with E-state index in [-0.39, 0.29) is 16.6 Å². The Hall–Kier alpha value is -2.97. The van der Waals surface area contributed by atoms with Crippen molar-refractivity contribution in [3.8, 4) is 11.5 Å². The highest BCUT2D eigenvalue weighted by molar-refractivity contribution is 7.99. The number of amides is 1. The van der Waals surface area contributed by atoms with Crippen LogP contribution in [0.1, 0.15) is 17.5 Å². The van der Waals surface area contributed by atoms with E-state index in [0.717, 1.165) is 4.90 Å². The van der Waals surface area contributed by atoms with Gasteiger partial charge in [0.25, 0.3) is 0 Å². The molecule has 0 saturated carbocycles. The van der Waals surface area contributed by atoms with Gasteiger partial charge in [0.2, 0.25) is 5.91 Å². The average molecular weight is 486 g/mol. The minimum Gasteiger partial charge on any atom is -0.497 e. The van der Waals surface area contributed by atoms with Gasteiger partial charge in [-0.3, -0.25) is 4.79 Å². The monoisotopic (exact) mass is 485 g/mol. The van der Waals surface area contributed by atoms with Gasteiger partial charge in [0.15, 0.2) is 9.84 Å². The molecule has 3 aromatic rings. The van der Waals surface area contributed by atoms with Crippen LogP contribution in [0.5, 0.6) is 11.5 Å². The van der Waals surface area contributed by atoms with Gasteiger partial charge in [-0.1, -0.05) is 17.7 Å². The maximum Gasteiger partial charge on any atom is 0.225 e. The number of thioether (sulfide) groups is 1. The summed E-state index contributed by atoms with van der Waals surface area (Å²) in [6.45, 7) is 2.04. The summed E-state index contributed by atoms with van der Waals surface area (Å²) in [6.07, 6.45) is 0.355. The summed E-state index contributed by atoms with van der Waals surface area (Å²) in [5.74, 6) is 1.34. The van der Waals surface area contributed by atoms with Crippen LogP contribution in [-0.2, 0) is 20.4 Å². The first-order valence-electron chi connectivity index (χ1n) is 10.3. The third kappa shape index (κ3) is 7.00. The summed E-state index contributed by atoms with van der Waals surface area (Å²) in [5, 5.41) is 2.82. The summed E-state index contributed by atoms with van der Waals surface area (Å²) in [6, 6.07) is 19.4. The SMILES string of the molecule is COc1ccc(OC)c(CS(=O)(=O)c2ccc(NC(=O)CCSc3ccc(C)cc3)cc2)c1. The molecule has 0 radical (unpaired) electrons. The lowest BCUT2D eigenvalue weighted by Gasteiger charge is -2.12. The van der Waals surface area contributed by atoms with E-state index in [0.29, 0.717) is 34.9 Å². The molecule has 1 amide bonds. The zero-order valence-electron chi connectivity index (χ0n) is 18.8. The molecule has 0 heterocycles. The predicted octanol–water partition coefficient (Wildman–Crippen LogP) is 5.11. The smallest absolute Gasteiger partial charge is 0.225 e. The third-order valence-corrected chi connectivity index (χ3v) is 7.64. The number of sulfone groups is 1. The summed E-state index contributed by atoms with van der Waals surface area (Å²) in [4.78, 5) is 13.5. The van der Waals surface area contributed by atoms with Crippen molar-refractivity contribution >= 4 is 33.2 Å². The van der Waals surface area contributed by atoms with E-state index in [1.54, 1.807) is 42.1 Å². The van der Waals surface area contributed by atoms with Crippen molar-refractivity contribution in [2.45, 2.75) is 28.9 Å². The molecule has 3 rings (SSSR count). The molecule has 0 saturated heterocycles. The quantitative estimate of drug-likeness (QED) is 0.402. The molecule has 0 aliphatic heterocycles. The fraction of sp³-hybridized carbons (Fsp3) is 0.240. The Morgan fingerprint density at radius 1 is 0.939 bits per heavy atom. The molecule has 6 nitrogen and oxygen atoms in total. The van der Waals surface area contributed by atoms with Crippen LogP contribution in [0.4, 0.5) is 5.69 Å². The predicted molar refractivity (Wildman–Crippen MR) is 132 cm³/mol. The third-order valence-electron chi connectivity index (χ3n) is 4.95. The second-order valence-corrected chi connectivity index (χ2v) is 10.6. The number of anilines is 1. The number of hydrogen-bond donors (Lipinski definition) is 1. The van der Waals surface area contributed by atoms with Crippen LogP contribution in [0.15, 0.2) is 76.5 Å². The zero-order valence-corrected chi connectivity index (χ0v) is 20.5. The zero-order chi connectivity index (χ0) is 23.8. The Labute approximate surface area is 199 Å². The van der Waals surface area contributed by atoms with Crippen molar-refractivity contribution in [1.29, 1.82) is 0 Å². The number of carbonyl (C=O) groups is 1. The van der Waals surface area contributed by atoms with Gasteiger partial charge >= 0.3 is 0 Å². The topological polar surface area (TPSA) is 81.7 Å². The Morgan fingerprint density at radius 3 is 2.27 bits per heavy atom. The standard InChI is InChI=1S/C25H27NO5S2/c1-18-4-9-22(10-5-18)32-15-14-25(27)26-20-6-11-23(12-7-20)33(28,29)17-19-16-21(30-2)8-13-24(19)31-3/h4-13,16H,14-15,17H2,1-3H3,(H,26,27). The van der Waals surface area contributed by atoms with E-state index in [2.05, 4.69) is 5.32 Å². The maximum absolute atomic E-state index is 12.9. The highest BCUT2D eigenvalue weighted by Gasteiger charge is 2.19. The Kier molecular flexibility index (Phi) is 8.41. The summed E-state index contributed by atoms with van der Waals surface area (Å²) >= 11 is 1.62. The Morgan fingerprint density at radius 2 is 1.64 bits per heavy atom. The molecule has 0 aliphatic rings. The number of carbonyl (C=O) groups excluding carboxylic acids is 1. The van der Waals surface area contributed by atoms with E-state index in [4.69, 9.17) is 9.47 Å². The van der Waals surface area contributed by atoms with Crippen molar-refractivity contribution in [2.24, 2.45) is 0 Å². The van der Waals surface area contributed by atoms with Crippen LogP contribution in [0.2, 0.25) is 0 Å². The van der Waals surface area contributed by atoms with E-state index < -0.39 is 9.84 Å². The molecule has 0 unspecified atom stereocenters. The summed E-state index contributed by atoms with van der Waals surface area (Å²) in [7, 11) is -0.599. The Bertz CT molecular complexity index is 1190. The number of hydrogen-bond acceptors (Lipinski definition) is 6. The summed E-state index contributed by atoms with van der Waals surface area (Å²) in [5.41, 5.74) is 2.27. The van der Waals surface area contributed by atoms with Crippen molar-refractivity contribution in [3.05, 3.63) is 77.9 Å². The molecule has 0 atom stereocenters. The number of methoxy groups -OCH3 is 2. The van der Waals surface area contributed by atoms with E-state index in [1.807, 2.05) is 31.2 Å². The molecule has 0 bridgehead atoms. The van der Waals surface area contributed by atoms with E-state index in [9.17, 15) is 13.2 Å². The molecular formula is C25H27NO5S2. The van der Waals surface area contributed by atoms with Crippen molar-refractivity contribution in [1.82, 2.24) is 0 Å². The molecule has 174 valence electrons. The van der Waals surface area contributed by atoms with Crippen LogP contribution >= 0.6 is 11.8 Å². The summed E-state index contributed by atoms with van der Waals surface area (Å²) < 4.78 is 36.3. The van der Waals surface area contributed by atoms with Gasteiger partial charge in [0.1, 0.15) is 11.5 Å². The van der Waals surface area contributed by atoms with Crippen LogP contribution in [0.3, 0.4) is 0 Å². The molecule has 0 fully saturated rings. The normalized spacial score (nSPS) is 11.1. The minimum absolute atomic E-state index is 0.119. The maximum atomic E-state index is 12.9. The van der Waals surface area contributed by atoms with Gasteiger partial charge in [-0.15, -0.1) is 11.8 Å². The number of benzene rings is 3. The molecule has 1 N–H and O–H groups in total.